The van der Waals surface area contributed by atoms with Gasteiger partial charge in [0.05, 0.1) is 11.0 Å². The smallest absolute Gasteiger partial charge is 0.293 e. The van der Waals surface area contributed by atoms with E-state index in [9.17, 15) is 8.42 Å². The van der Waals surface area contributed by atoms with Crippen molar-refractivity contribution in [1.82, 2.24) is 18.7 Å². The highest BCUT2D eigenvalue weighted by Gasteiger charge is 2.18. The third-order valence-corrected chi connectivity index (χ3v) is 3.31. The summed E-state index contributed by atoms with van der Waals surface area (Å²) in [6.45, 7) is 0. The van der Waals surface area contributed by atoms with Crippen molar-refractivity contribution in [2.24, 2.45) is 0 Å². The Morgan fingerprint density at radius 3 is 2.81 bits per heavy atom. The molecule has 0 amide bonds. The van der Waals surface area contributed by atoms with E-state index in [1.165, 1.54) is 0 Å². The number of hydrogen-bond acceptors (Lipinski definition) is 6. The van der Waals surface area contributed by atoms with Gasteiger partial charge in [-0.1, -0.05) is 0 Å². The molecule has 2 aromatic heterocycles. The number of aromatic nitrogens is 4. The number of aromatic amines is 1. The zero-order valence-electron chi connectivity index (χ0n) is 7.58. The Bertz CT molecular complexity index is 788. The Kier molecular flexibility index (Phi) is 1.79. The highest BCUT2D eigenvalue weighted by atomic mass is 32.2. The summed E-state index contributed by atoms with van der Waals surface area (Å²) < 4.78 is 37.6. The van der Waals surface area contributed by atoms with Crippen molar-refractivity contribution in [3.8, 4) is 0 Å². The zero-order chi connectivity index (χ0) is 11.3. The number of benzene rings is 1. The van der Waals surface area contributed by atoms with Crippen molar-refractivity contribution in [1.29, 1.82) is 0 Å². The van der Waals surface area contributed by atoms with Gasteiger partial charge in [0.25, 0.3) is 5.16 Å². The minimum absolute atomic E-state index is 0.364. The first-order chi connectivity index (χ1) is 7.55. The molecule has 1 aromatic carbocycles. The normalized spacial score (nSPS) is 12.6. The van der Waals surface area contributed by atoms with E-state index in [-0.39, 0.29) is 0 Å². The van der Waals surface area contributed by atoms with Gasteiger partial charge in [-0.15, -0.1) is 0 Å². The molecule has 0 fully saturated rings. The van der Waals surface area contributed by atoms with Crippen LogP contribution in [0, 0.1) is 0 Å². The van der Waals surface area contributed by atoms with Gasteiger partial charge >= 0.3 is 10.1 Å². The van der Waals surface area contributed by atoms with Crippen LogP contribution >= 0.6 is 11.7 Å². The molecule has 0 radical (unpaired) electrons. The van der Waals surface area contributed by atoms with Crippen molar-refractivity contribution in [2.75, 3.05) is 0 Å². The van der Waals surface area contributed by atoms with Gasteiger partial charge < -0.3 is 0 Å². The fourth-order valence-corrected chi connectivity index (χ4v) is 2.41. The fraction of sp³-hybridized carbons (Fsp3) is 0. The van der Waals surface area contributed by atoms with Crippen LogP contribution in [0.4, 0.5) is 0 Å². The third kappa shape index (κ3) is 1.29. The van der Waals surface area contributed by atoms with Crippen LogP contribution in [-0.2, 0) is 10.1 Å². The molecular formula is C7H4N4O3S2. The summed E-state index contributed by atoms with van der Waals surface area (Å²) in [5.74, 6) is 0. The van der Waals surface area contributed by atoms with E-state index in [4.69, 9.17) is 4.55 Å². The van der Waals surface area contributed by atoms with Crippen LogP contribution in [0.5, 0.6) is 0 Å². The number of fused-ring (bicyclic) bond motifs is 3. The Balaban J connectivity index is 2.48. The molecule has 3 aromatic rings. The Hall–Kier alpha value is -1.58. The second kappa shape index (κ2) is 2.97. The standard InChI is InChI=1S/C7H4N4O3S2/c12-16(13,14)7-8-3-1-2-4-6(5(3)9-7)11-15-10-4/h1-2,10H,(H,12,13,14). The summed E-state index contributed by atoms with van der Waals surface area (Å²) in [4.78, 5) is 7.47. The molecule has 0 aliphatic heterocycles. The maximum atomic E-state index is 10.9. The van der Waals surface area contributed by atoms with E-state index < -0.39 is 15.3 Å². The highest BCUT2D eigenvalue weighted by Crippen LogP contribution is 2.22. The van der Waals surface area contributed by atoms with E-state index in [1.54, 1.807) is 12.1 Å². The van der Waals surface area contributed by atoms with Crippen LogP contribution in [0.25, 0.3) is 22.1 Å². The Morgan fingerprint density at radius 2 is 2.06 bits per heavy atom. The van der Waals surface area contributed by atoms with E-state index in [2.05, 4.69) is 18.7 Å². The summed E-state index contributed by atoms with van der Waals surface area (Å²) in [6.07, 6.45) is 0. The summed E-state index contributed by atoms with van der Waals surface area (Å²) in [5, 5.41) is -0.594. The SMILES string of the molecule is O=S(=O)(O)c1nc2ccc3[nH]snc3c2n1. The van der Waals surface area contributed by atoms with Crippen molar-refractivity contribution in [2.45, 2.75) is 5.16 Å². The number of nitrogens with zero attached hydrogens (tertiary/aromatic N) is 3. The Morgan fingerprint density at radius 1 is 1.25 bits per heavy atom. The second-order valence-electron chi connectivity index (χ2n) is 3.10. The molecule has 3 rings (SSSR count). The molecule has 2 N–H and O–H groups in total. The molecule has 7 nitrogen and oxygen atoms in total. The van der Waals surface area contributed by atoms with Gasteiger partial charge in [0.2, 0.25) is 0 Å². The van der Waals surface area contributed by atoms with E-state index >= 15 is 0 Å². The molecule has 0 bridgehead atoms. The lowest BCUT2D eigenvalue weighted by Gasteiger charge is -1.86. The molecule has 9 heteroatoms. The lowest BCUT2D eigenvalue weighted by atomic mass is 10.3. The molecule has 16 heavy (non-hydrogen) atoms. The largest absolute Gasteiger partial charge is 0.330 e. The second-order valence-corrected chi connectivity index (χ2v) is 4.98. The molecule has 82 valence electrons. The molecule has 0 saturated carbocycles. The van der Waals surface area contributed by atoms with Gasteiger partial charge in [0.1, 0.15) is 11.0 Å². The first kappa shape index (κ1) is 9.63. The predicted molar refractivity (Wildman–Crippen MR) is 56.9 cm³/mol. The summed E-state index contributed by atoms with van der Waals surface area (Å²) in [6, 6.07) is 3.34. The first-order valence-corrected chi connectivity index (χ1v) is 6.35. The summed E-state index contributed by atoms with van der Waals surface area (Å²) >= 11 is 1.13. The Labute approximate surface area is 93.2 Å². The van der Waals surface area contributed by atoms with Crippen molar-refractivity contribution in [3.05, 3.63) is 12.1 Å². The lowest BCUT2D eigenvalue weighted by molar-refractivity contribution is 0.476. The number of imidazole rings is 1. The molecule has 0 aliphatic rings. The maximum absolute atomic E-state index is 10.9. The van der Waals surface area contributed by atoms with Gasteiger partial charge in [0.15, 0.2) is 0 Å². The summed E-state index contributed by atoms with van der Waals surface area (Å²) in [5.41, 5.74) is 2.05. The average Bonchev–Trinajstić information content (AvgIpc) is 2.81. The van der Waals surface area contributed by atoms with Crippen molar-refractivity contribution >= 4 is 43.9 Å². The maximum Gasteiger partial charge on any atom is 0.330 e. The summed E-state index contributed by atoms with van der Waals surface area (Å²) in [7, 11) is -4.37. The number of hydrogen-bond donors (Lipinski definition) is 2. The van der Waals surface area contributed by atoms with Crippen LogP contribution < -0.4 is 0 Å². The van der Waals surface area contributed by atoms with Crippen LogP contribution in [-0.4, -0.2) is 31.7 Å². The van der Waals surface area contributed by atoms with Crippen LogP contribution in [0.1, 0.15) is 0 Å². The fourth-order valence-electron chi connectivity index (χ4n) is 1.40. The van der Waals surface area contributed by atoms with Crippen LogP contribution in [0.15, 0.2) is 17.3 Å². The van der Waals surface area contributed by atoms with Gasteiger partial charge in [0, 0.05) is 11.7 Å². The van der Waals surface area contributed by atoms with Gasteiger partial charge in [-0.3, -0.25) is 8.93 Å². The van der Waals surface area contributed by atoms with Crippen LogP contribution in [0.3, 0.4) is 0 Å². The molecule has 2 heterocycles. The first-order valence-electron chi connectivity index (χ1n) is 4.14. The predicted octanol–water partition coefficient (Wildman–Crippen LogP) is 0.814. The molecule has 0 saturated heterocycles. The highest BCUT2D eigenvalue weighted by molar-refractivity contribution is 7.85. The van der Waals surface area contributed by atoms with Crippen LogP contribution in [0.2, 0.25) is 0 Å². The number of nitrogens with one attached hydrogen (secondary N) is 1. The monoisotopic (exact) mass is 256 g/mol. The number of H-pyrrole nitrogens is 1. The third-order valence-electron chi connectivity index (χ3n) is 2.08. The van der Waals surface area contributed by atoms with Gasteiger partial charge in [-0.2, -0.15) is 12.8 Å². The molecule has 0 atom stereocenters. The topological polar surface area (TPSA) is 109 Å². The van der Waals surface area contributed by atoms with Gasteiger partial charge in [-0.05, 0) is 12.1 Å². The minimum Gasteiger partial charge on any atom is -0.293 e. The van der Waals surface area contributed by atoms with Crippen molar-refractivity contribution < 1.29 is 13.0 Å². The quantitative estimate of drug-likeness (QED) is 0.624. The molecule has 0 unspecified atom stereocenters. The zero-order valence-corrected chi connectivity index (χ0v) is 9.21. The van der Waals surface area contributed by atoms with E-state index in [0.717, 1.165) is 17.2 Å². The molecular weight excluding hydrogens is 252 g/mol. The molecule has 0 spiro atoms. The van der Waals surface area contributed by atoms with Crippen molar-refractivity contribution in [3.63, 3.8) is 0 Å². The van der Waals surface area contributed by atoms with E-state index in [1.807, 2.05) is 0 Å². The van der Waals surface area contributed by atoms with Gasteiger partial charge in [-0.25, -0.2) is 9.97 Å². The minimum atomic E-state index is -4.37. The lowest BCUT2D eigenvalue weighted by Crippen LogP contribution is -1.99. The number of rotatable bonds is 1. The average molecular weight is 256 g/mol. The molecule has 0 aliphatic carbocycles. The van der Waals surface area contributed by atoms with E-state index in [0.29, 0.717) is 16.6 Å².